The number of carbonyl (C=O) groups is 2. The standard InChI is InChI=1S/C36H48N2O6S/c1-6-20-37(21-7-2)36(41)30-15-11-14-29(23-30)34(39)24-31(22-28-12-9-8-10-13-28)35(40)26-38(25-27(3)4)45(42,43)33-18-16-32(44-5)17-19-33/h8-19,23,27,31,35,40H,6-7,20-22,24-26H2,1-5H3/t31-,35-/m1/s1. The molecule has 0 saturated carbocycles. The summed E-state index contributed by atoms with van der Waals surface area (Å²) in [5, 5.41) is 11.6. The number of ether oxygens (including phenoxy) is 1. The second-order valence-corrected chi connectivity index (χ2v) is 13.8. The van der Waals surface area contributed by atoms with Gasteiger partial charge in [0.1, 0.15) is 5.75 Å². The molecule has 3 aromatic rings. The largest absolute Gasteiger partial charge is 0.497 e. The van der Waals surface area contributed by atoms with Gasteiger partial charge in [-0.25, -0.2) is 8.42 Å². The van der Waals surface area contributed by atoms with Crippen molar-refractivity contribution in [1.82, 2.24) is 9.21 Å². The number of nitrogens with zero attached hydrogens (tertiary/aromatic N) is 2. The summed E-state index contributed by atoms with van der Waals surface area (Å²) in [5.74, 6) is -0.353. The Morgan fingerprint density at radius 1 is 0.844 bits per heavy atom. The van der Waals surface area contributed by atoms with Gasteiger partial charge in [0.25, 0.3) is 5.91 Å². The molecule has 0 aliphatic rings. The molecule has 8 nitrogen and oxygen atoms in total. The van der Waals surface area contributed by atoms with Crippen LogP contribution in [0.1, 0.15) is 73.2 Å². The van der Waals surface area contributed by atoms with Gasteiger partial charge in [-0.05, 0) is 73.1 Å². The summed E-state index contributed by atoms with van der Waals surface area (Å²) >= 11 is 0. The second-order valence-electron chi connectivity index (χ2n) is 11.9. The van der Waals surface area contributed by atoms with E-state index in [1.165, 1.54) is 23.5 Å². The van der Waals surface area contributed by atoms with Gasteiger partial charge < -0.3 is 14.7 Å². The summed E-state index contributed by atoms with van der Waals surface area (Å²) in [7, 11) is -2.43. The van der Waals surface area contributed by atoms with Crippen molar-refractivity contribution in [3.05, 3.63) is 95.6 Å². The van der Waals surface area contributed by atoms with Crippen molar-refractivity contribution in [1.29, 1.82) is 0 Å². The van der Waals surface area contributed by atoms with Gasteiger partial charge in [0, 0.05) is 43.7 Å². The summed E-state index contributed by atoms with van der Waals surface area (Å²) in [6, 6.07) is 22.5. The number of ketones is 1. The summed E-state index contributed by atoms with van der Waals surface area (Å²) in [4.78, 5) is 28.8. The summed E-state index contributed by atoms with van der Waals surface area (Å²) in [6.45, 7) is 9.21. The van der Waals surface area contributed by atoms with Gasteiger partial charge in [-0.1, -0.05) is 70.2 Å². The molecule has 2 atom stereocenters. The number of hydrogen-bond acceptors (Lipinski definition) is 6. The zero-order valence-corrected chi connectivity index (χ0v) is 28.0. The summed E-state index contributed by atoms with van der Waals surface area (Å²) in [5.41, 5.74) is 1.78. The van der Waals surface area contributed by atoms with E-state index >= 15 is 0 Å². The molecule has 3 rings (SSSR count). The number of benzene rings is 3. The first-order valence-electron chi connectivity index (χ1n) is 15.8. The minimum Gasteiger partial charge on any atom is -0.497 e. The van der Waals surface area contributed by atoms with Gasteiger partial charge in [-0.2, -0.15) is 4.31 Å². The first-order chi connectivity index (χ1) is 21.5. The Kier molecular flexibility index (Phi) is 13.8. The number of hydrogen-bond donors (Lipinski definition) is 1. The molecule has 0 bridgehead atoms. The average molecular weight is 637 g/mol. The molecule has 1 amide bonds. The maximum Gasteiger partial charge on any atom is 0.253 e. The van der Waals surface area contributed by atoms with Crippen LogP contribution in [0.3, 0.4) is 0 Å². The van der Waals surface area contributed by atoms with Crippen LogP contribution in [0.2, 0.25) is 0 Å². The van der Waals surface area contributed by atoms with Crippen LogP contribution in [-0.4, -0.2) is 73.8 Å². The number of aliphatic hydroxyl groups excluding tert-OH is 1. The topological polar surface area (TPSA) is 104 Å². The van der Waals surface area contributed by atoms with E-state index in [1.54, 1.807) is 41.3 Å². The lowest BCUT2D eigenvalue weighted by atomic mass is 9.87. The fraction of sp³-hybridized carbons (Fsp3) is 0.444. The van der Waals surface area contributed by atoms with Crippen LogP contribution in [0, 0.1) is 11.8 Å². The van der Waals surface area contributed by atoms with Gasteiger partial charge >= 0.3 is 0 Å². The lowest BCUT2D eigenvalue weighted by Gasteiger charge is -2.30. The normalized spacial score (nSPS) is 13.1. The highest BCUT2D eigenvalue weighted by Gasteiger charge is 2.32. The summed E-state index contributed by atoms with van der Waals surface area (Å²) < 4.78 is 34.0. The van der Waals surface area contributed by atoms with E-state index in [9.17, 15) is 23.1 Å². The van der Waals surface area contributed by atoms with Crippen LogP contribution >= 0.6 is 0 Å². The number of rotatable bonds is 18. The Labute approximate surface area is 269 Å². The molecule has 0 aliphatic heterocycles. The van der Waals surface area contributed by atoms with Crippen molar-refractivity contribution in [3.8, 4) is 5.75 Å². The van der Waals surface area contributed by atoms with Crippen LogP contribution in [0.4, 0.5) is 0 Å². The minimum atomic E-state index is -3.95. The molecule has 3 aromatic carbocycles. The molecular formula is C36H48N2O6S. The number of sulfonamides is 1. The zero-order valence-electron chi connectivity index (χ0n) is 27.2. The van der Waals surface area contributed by atoms with Crippen LogP contribution in [0.5, 0.6) is 5.75 Å². The quantitative estimate of drug-likeness (QED) is 0.169. The van der Waals surface area contributed by atoms with Crippen LogP contribution < -0.4 is 4.74 Å². The molecule has 0 heterocycles. The maximum atomic E-state index is 13.7. The number of aliphatic hydroxyl groups is 1. The van der Waals surface area contributed by atoms with E-state index in [-0.39, 0.29) is 42.0 Å². The van der Waals surface area contributed by atoms with E-state index in [2.05, 4.69) is 0 Å². The fourth-order valence-corrected chi connectivity index (χ4v) is 7.03. The van der Waals surface area contributed by atoms with E-state index < -0.39 is 22.0 Å². The monoisotopic (exact) mass is 636 g/mol. The molecule has 0 unspecified atom stereocenters. The SMILES string of the molecule is CCCN(CCC)C(=O)c1cccc(C(=O)C[C@@H](Cc2ccccc2)[C@H](O)CN(CC(C)C)S(=O)(=O)c2ccc(OC)cc2)c1. The molecule has 9 heteroatoms. The number of carbonyl (C=O) groups excluding carboxylic acids is 2. The highest BCUT2D eigenvalue weighted by molar-refractivity contribution is 7.89. The van der Waals surface area contributed by atoms with Gasteiger partial charge in [-0.3, -0.25) is 9.59 Å². The predicted octanol–water partition coefficient (Wildman–Crippen LogP) is 6.10. The van der Waals surface area contributed by atoms with Crippen molar-refractivity contribution >= 4 is 21.7 Å². The smallest absolute Gasteiger partial charge is 0.253 e. The molecule has 0 aliphatic carbocycles. The molecule has 0 spiro atoms. The van der Waals surface area contributed by atoms with Crippen LogP contribution in [0.25, 0.3) is 0 Å². The lowest BCUT2D eigenvalue weighted by molar-refractivity contribution is 0.0689. The molecular weight excluding hydrogens is 588 g/mol. The maximum absolute atomic E-state index is 13.7. The molecule has 45 heavy (non-hydrogen) atoms. The third-order valence-electron chi connectivity index (χ3n) is 7.69. The Balaban J connectivity index is 1.89. The predicted molar refractivity (Wildman–Crippen MR) is 178 cm³/mol. The van der Waals surface area contributed by atoms with Gasteiger partial charge in [0.2, 0.25) is 10.0 Å². The van der Waals surface area contributed by atoms with E-state index in [4.69, 9.17) is 4.74 Å². The molecule has 0 saturated heterocycles. The first-order valence-corrected chi connectivity index (χ1v) is 17.2. The van der Waals surface area contributed by atoms with E-state index in [1.807, 2.05) is 58.0 Å². The number of Topliss-reactive ketones (excluding diaryl/α,β-unsaturated/α-hetero) is 1. The van der Waals surface area contributed by atoms with Crippen molar-refractivity contribution < 1.29 is 27.9 Å². The summed E-state index contributed by atoms with van der Waals surface area (Å²) in [6.07, 6.45) is 0.914. The molecule has 1 N–H and O–H groups in total. The average Bonchev–Trinajstić information content (AvgIpc) is 3.04. The number of methoxy groups -OCH3 is 1. The van der Waals surface area contributed by atoms with Gasteiger partial charge in [0.15, 0.2) is 5.78 Å². The first kappa shape index (κ1) is 35.9. The Bertz CT molecular complexity index is 1470. The Morgan fingerprint density at radius 3 is 2.04 bits per heavy atom. The van der Waals surface area contributed by atoms with Crippen molar-refractivity contribution in [2.24, 2.45) is 11.8 Å². The van der Waals surface area contributed by atoms with Crippen LogP contribution in [-0.2, 0) is 16.4 Å². The van der Waals surface area contributed by atoms with E-state index in [0.29, 0.717) is 36.4 Å². The fourth-order valence-electron chi connectivity index (χ4n) is 5.41. The molecule has 0 aromatic heterocycles. The van der Waals surface area contributed by atoms with Gasteiger partial charge in [0.05, 0.1) is 18.1 Å². The third-order valence-corrected chi connectivity index (χ3v) is 9.54. The van der Waals surface area contributed by atoms with E-state index in [0.717, 1.165) is 18.4 Å². The van der Waals surface area contributed by atoms with Crippen molar-refractivity contribution in [2.45, 2.75) is 64.4 Å². The zero-order chi connectivity index (χ0) is 33.0. The molecule has 0 fully saturated rings. The Morgan fingerprint density at radius 2 is 1.47 bits per heavy atom. The third kappa shape index (κ3) is 10.2. The molecule has 0 radical (unpaired) electrons. The van der Waals surface area contributed by atoms with Gasteiger partial charge in [-0.15, -0.1) is 0 Å². The highest BCUT2D eigenvalue weighted by Crippen LogP contribution is 2.25. The minimum absolute atomic E-state index is 0.000289. The number of amides is 1. The van der Waals surface area contributed by atoms with Crippen molar-refractivity contribution in [2.75, 3.05) is 33.3 Å². The van der Waals surface area contributed by atoms with Crippen molar-refractivity contribution in [3.63, 3.8) is 0 Å². The molecule has 244 valence electrons. The van der Waals surface area contributed by atoms with Crippen LogP contribution in [0.15, 0.2) is 83.8 Å². The lowest BCUT2D eigenvalue weighted by Crippen LogP contribution is -2.43. The second kappa shape index (κ2) is 17.2. The highest BCUT2D eigenvalue weighted by atomic mass is 32.2. The Hall–Kier alpha value is -3.53.